The maximum absolute atomic E-state index is 11.4. The predicted octanol–water partition coefficient (Wildman–Crippen LogP) is 11.4. The minimum absolute atomic E-state index is 0.0245. The van der Waals surface area contributed by atoms with Gasteiger partial charge in [0.15, 0.2) is 0 Å². The number of thioether (sulfide) groups is 2. The van der Waals surface area contributed by atoms with Crippen molar-refractivity contribution in [2.24, 2.45) is 0 Å². The number of benzene rings is 3. The zero-order valence-electron chi connectivity index (χ0n) is 27.5. The van der Waals surface area contributed by atoms with E-state index in [2.05, 4.69) is 143 Å². The molecule has 3 aromatic carbocycles. The second-order valence-corrected chi connectivity index (χ2v) is 18.2. The van der Waals surface area contributed by atoms with Gasteiger partial charge < -0.3 is 15.2 Å². The van der Waals surface area contributed by atoms with E-state index in [0.29, 0.717) is 11.5 Å². The van der Waals surface area contributed by atoms with Crippen LogP contribution < -0.4 is 0 Å². The minimum Gasteiger partial charge on any atom is -0.507 e. The fourth-order valence-electron chi connectivity index (χ4n) is 5.33. The minimum atomic E-state index is -0.204. The molecule has 1 aromatic heterocycles. The largest absolute Gasteiger partial charge is 0.507 e. The van der Waals surface area contributed by atoms with Gasteiger partial charge in [0.25, 0.3) is 0 Å². The van der Waals surface area contributed by atoms with Crippen LogP contribution in [0.3, 0.4) is 0 Å². The molecule has 0 aliphatic rings. The van der Waals surface area contributed by atoms with Gasteiger partial charge in [-0.25, -0.2) is 0 Å². The summed E-state index contributed by atoms with van der Waals surface area (Å²) in [7, 11) is 0. The third-order valence-corrected chi connectivity index (χ3v) is 10.3. The monoisotopic (exact) mass is 603 g/mol. The van der Waals surface area contributed by atoms with Crippen molar-refractivity contribution in [2.75, 3.05) is 0 Å². The topological polar surface area (TPSA) is 56.2 Å². The van der Waals surface area contributed by atoms with Crippen LogP contribution in [0.4, 0.5) is 0 Å². The highest BCUT2D eigenvalue weighted by Gasteiger charge is 2.30. The molecule has 0 atom stereocenters. The lowest BCUT2D eigenvalue weighted by atomic mass is 9.79. The van der Waals surface area contributed by atoms with Gasteiger partial charge in [-0.3, -0.25) is 0 Å². The van der Waals surface area contributed by atoms with Crippen molar-refractivity contribution in [3.63, 3.8) is 0 Å². The molecular weight excluding hydrogens is 555 g/mol. The average molecular weight is 604 g/mol. The highest BCUT2D eigenvalue weighted by molar-refractivity contribution is 8.16. The second kappa shape index (κ2) is 11.2. The van der Waals surface area contributed by atoms with Gasteiger partial charge in [0.1, 0.15) is 11.5 Å². The molecule has 0 unspecified atom stereocenters. The van der Waals surface area contributed by atoms with E-state index in [9.17, 15) is 10.2 Å². The number of aromatic amines is 1. The molecule has 0 saturated heterocycles. The molecule has 5 heteroatoms. The molecule has 0 spiro atoms. The van der Waals surface area contributed by atoms with Crippen LogP contribution in [0.2, 0.25) is 0 Å². The summed E-state index contributed by atoms with van der Waals surface area (Å²) >= 11 is 3.65. The Hall–Kier alpha value is -2.50. The molecular formula is C37H49NO2S2. The van der Waals surface area contributed by atoms with Crippen molar-refractivity contribution in [1.29, 1.82) is 0 Å². The van der Waals surface area contributed by atoms with E-state index in [0.717, 1.165) is 37.6 Å². The Bertz CT molecular complexity index is 1430. The number of para-hydroxylation sites is 1. The van der Waals surface area contributed by atoms with E-state index in [1.54, 1.807) is 0 Å². The van der Waals surface area contributed by atoms with Crippen molar-refractivity contribution < 1.29 is 10.2 Å². The maximum atomic E-state index is 11.4. The lowest BCUT2D eigenvalue weighted by Crippen LogP contribution is -2.17. The molecule has 42 heavy (non-hydrogen) atoms. The normalized spacial score (nSPS) is 13.4. The number of hydrogen-bond acceptors (Lipinski definition) is 4. The standard InChI is InChI=1S/C37H49NO2S2/c1-34(2,3)26-17-22(18-27(31(26)39)35(4,5)6)41-33(25-21-38-30-16-14-13-15-24(25)30)42-23-19-28(36(7,8)9)32(40)29(20-23)37(10,11)12/h13-21,33,38-40H,1-12H3. The van der Waals surface area contributed by atoms with Crippen LogP contribution in [0.25, 0.3) is 10.9 Å². The first kappa shape index (κ1) is 32.4. The van der Waals surface area contributed by atoms with E-state index < -0.39 is 0 Å². The van der Waals surface area contributed by atoms with Crippen LogP contribution in [0, 0.1) is 0 Å². The van der Waals surface area contributed by atoms with Crippen molar-refractivity contribution in [2.45, 2.75) is 119 Å². The van der Waals surface area contributed by atoms with E-state index in [1.807, 2.05) is 23.5 Å². The number of phenolic OH excluding ortho intramolecular Hbond substituents is 2. The van der Waals surface area contributed by atoms with Crippen LogP contribution in [0.15, 0.2) is 64.5 Å². The van der Waals surface area contributed by atoms with Gasteiger partial charge in [-0.1, -0.05) is 101 Å². The Morgan fingerprint density at radius 1 is 0.571 bits per heavy atom. The number of hydrogen-bond donors (Lipinski definition) is 3. The van der Waals surface area contributed by atoms with E-state index in [4.69, 9.17) is 0 Å². The lowest BCUT2D eigenvalue weighted by molar-refractivity contribution is 0.421. The molecule has 0 radical (unpaired) electrons. The fraction of sp³-hybridized carbons (Fsp3) is 0.459. The summed E-state index contributed by atoms with van der Waals surface area (Å²) in [6.45, 7) is 25.9. The number of aromatic hydroxyl groups is 2. The van der Waals surface area contributed by atoms with Crippen molar-refractivity contribution >= 4 is 34.4 Å². The van der Waals surface area contributed by atoms with Crippen LogP contribution in [0.5, 0.6) is 11.5 Å². The van der Waals surface area contributed by atoms with Gasteiger partial charge in [0, 0.05) is 54.7 Å². The summed E-state index contributed by atoms with van der Waals surface area (Å²) < 4.78 is 0.0245. The SMILES string of the molecule is CC(C)(C)c1cc(SC(Sc2cc(C(C)(C)C)c(O)c(C(C)(C)C)c2)c2c[nH]c3ccccc23)cc(C(C)(C)C)c1O. The Morgan fingerprint density at radius 3 is 1.29 bits per heavy atom. The highest BCUT2D eigenvalue weighted by Crippen LogP contribution is 2.53. The second-order valence-electron chi connectivity index (χ2n) is 15.6. The first-order valence-corrected chi connectivity index (χ1v) is 16.6. The molecule has 4 aromatic rings. The van der Waals surface area contributed by atoms with Crippen LogP contribution >= 0.6 is 23.5 Å². The summed E-state index contributed by atoms with van der Waals surface area (Å²) in [4.78, 5) is 5.77. The number of rotatable bonds is 5. The van der Waals surface area contributed by atoms with Gasteiger partial charge in [-0.05, 0) is 52.0 Å². The van der Waals surface area contributed by atoms with Crippen LogP contribution in [0.1, 0.15) is 115 Å². The van der Waals surface area contributed by atoms with Gasteiger partial charge in [0.05, 0.1) is 4.58 Å². The van der Waals surface area contributed by atoms with Crippen molar-refractivity contribution in [3.8, 4) is 11.5 Å². The van der Waals surface area contributed by atoms with Crippen LogP contribution in [-0.4, -0.2) is 15.2 Å². The number of phenols is 2. The molecule has 3 N–H and O–H groups in total. The Balaban J connectivity index is 1.92. The third-order valence-electron chi connectivity index (χ3n) is 7.76. The zero-order chi connectivity index (χ0) is 31.4. The Labute approximate surface area is 261 Å². The molecule has 4 rings (SSSR count). The maximum Gasteiger partial charge on any atom is 0.123 e. The summed E-state index contributed by atoms with van der Waals surface area (Å²) in [6, 6.07) is 17.2. The third kappa shape index (κ3) is 6.83. The summed E-state index contributed by atoms with van der Waals surface area (Å²) in [5.74, 6) is 0.803. The van der Waals surface area contributed by atoms with E-state index in [-0.39, 0.29) is 26.2 Å². The fourth-order valence-corrected chi connectivity index (χ4v) is 8.07. The summed E-state index contributed by atoms with van der Waals surface area (Å²) in [5, 5.41) is 24.0. The number of fused-ring (bicyclic) bond motifs is 1. The highest BCUT2D eigenvalue weighted by atomic mass is 32.2. The first-order chi connectivity index (χ1) is 19.2. The molecule has 0 aliphatic heterocycles. The number of H-pyrrole nitrogens is 1. The summed E-state index contributed by atoms with van der Waals surface area (Å²) in [5.41, 5.74) is 5.40. The van der Waals surface area contributed by atoms with Crippen molar-refractivity contribution in [3.05, 3.63) is 82.5 Å². The summed E-state index contributed by atoms with van der Waals surface area (Å²) in [6.07, 6.45) is 2.14. The number of nitrogens with one attached hydrogen (secondary N) is 1. The molecule has 3 nitrogen and oxygen atoms in total. The molecule has 0 bridgehead atoms. The molecule has 0 aliphatic carbocycles. The zero-order valence-corrected chi connectivity index (χ0v) is 29.1. The molecule has 1 heterocycles. The van der Waals surface area contributed by atoms with Gasteiger partial charge in [-0.15, -0.1) is 23.5 Å². The molecule has 0 amide bonds. The quantitative estimate of drug-likeness (QED) is 0.157. The van der Waals surface area contributed by atoms with Crippen LogP contribution in [-0.2, 0) is 21.7 Å². The molecule has 226 valence electrons. The number of aromatic nitrogens is 1. The van der Waals surface area contributed by atoms with Gasteiger partial charge >= 0.3 is 0 Å². The van der Waals surface area contributed by atoms with E-state index >= 15 is 0 Å². The molecule has 0 fully saturated rings. The Kier molecular flexibility index (Phi) is 8.65. The molecule has 0 saturated carbocycles. The van der Waals surface area contributed by atoms with Crippen molar-refractivity contribution in [1.82, 2.24) is 4.98 Å². The van der Waals surface area contributed by atoms with E-state index in [1.165, 1.54) is 10.9 Å². The smallest absolute Gasteiger partial charge is 0.123 e. The lowest BCUT2D eigenvalue weighted by Gasteiger charge is -2.29. The van der Waals surface area contributed by atoms with Gasteiger partial charge in [-0.2, -0.15) is 0 Å². The van der Waals surface area contributed by atoms with Gasteiger partial charge in [0.2, 0.25) is 0 Å². The predicted molar refractivity (Wildman–Crippen MR) is 184 cm³/mol. The first-order valence-electron chi connectivity index (χ1n) is 14.8. The average Bonchev–Trinajstić information content (AvgIpc) is 3.27. The Morgan fingerprint density at radius 2 is 0.929 bits per heavy atom.